The Kier molecular flexibility index (Phi) is 1.09. The number of halogens is 2. The van der Waals surface area contributed by atoms with Gasteiger partial charge in [-0.1, -0.05) is 0 Å². The van der Waals surface area contributed by atoms with Gasteiger partial charge in [0.05, 0.1) is 6.33 Å². The van der Waals surface area contributed by atoms with E-state index in [1.54, 1.807) is 0 Å². The Labute approximate surface area is 59.3 Å². The molecule has 2 aromatic heterocycles. The SMILES string of the molecule is Fc1nc(F)c2[nH]cnc2n1. The third-order valence-electron chi connectivity index (χ3n) is 1.21. The summed E-state index contributed by atoms with van der Waals surface area (Å²) in [6.45, 7) is 0. The molecule has 0 atom stereocenters. The number of hydrogen-bond donors (Lipinski definition) is 1. The summed E-state index contributed by atoms with van der Waals surface area (Å²) in [6.07, 6.45) is 0.115. The molecule has 0 aliphatic carbocycles. The largest absolute Gasteiger partial charge is 0.339 e. The molecule has 0 saturated heterocycles. The van der Waals surface area contributed by atoms with E-state index in [1.165, 1.54) is 6.33 Å². The number of H-pyrrole nitrogens is 1. The Bertz CT molecular complexity index is 396. The van der Waals surface area contributed by atoms with Crippen molar-refractivity contribution >= 4 is 11.2 Å². The zero-order valence-corrected chi connectivity index (χ0v) is 5.17. The highest BCUT2D eigenvalue weighted by atomic mass is 19.1. The predicted octanol–water partition coefficient (Wildman–Crippen LogP) is 0.631. The van der Waals surface area contributed by atoms with E-state index in [4.69, 9.17) is 0 Å². The number of aromatic amines is 1. The first-order valence-corrected chi connectivity index (χ1v) is 2.79. The van der Waals surface area contributed by atoms with Gasteiger partial charge in [0, 0.05) is 0 Å². The summed E-state index contributed by atoms with van der Waals surface area (Å²) in [7, 11) is 0. The van der Waals surface area contributed by atoms with Crippen LogP contribution in [-0.2, 0) is 0 Å². The molecule has 11 heavy (non-hydrogen) atoms. The van der Waals surface area contributed by atoms with Gasteiger partial charge >= 0.3 is 6.08 Å². The highest BCUT2D eigenvalue weighted by Crippen LogP contribution is 2.07. The minimum Gasteiger partial charge on any atom is -0.339 e. The van der Waals surface area contributed by atoms with Crippen molar-refractivity contribution in [3.8, 4) is 0 Å². The van der Waals surface area contributed by atoms with Crippen molar-refractivity contribution in [2.45, 2.75) is 0 Å². The maximum Gasteiger partial charge on any atom is 0.313 e. The monoisotopic (exact) mass is 156 g/mol. The quantitative estimate of drug-likeness (QED) is 0.449. The average molecular weight is 156 g/mol. The number of hydrogen-bond acceptors (Lipinski definition) is 3. The number of fused-ring (bicyclic) bond motifs is 1. The van der Waals surface area contributed by atoms with E-state index in [0.717, 1.165) is 0 Å². The first kappa shape index (κ1) is 6.14. The standard InChI is InChI=1S/C5H2F2N4/c6-3-2-4(9-1-8-2)11-5(7)10-3/h1H,(H,8,9,10,11). The van der Waals surface area contributed by atoms with E-state index in [-0.39, 0.29) is 11.2 Å². The van der Waals surface area contributed by atoms with Gasteiger partial charge in [-0.05, 0) is 0 Å². The van der Waals surface area contributed by atoms with Crippen molar-refractivity contribution < 1.29 is 8.78 Å². The van der Waals surface area contributed by atoms with Gasteiger partial charge in [0.25, 0.3) is 0 Å². The lowest BCUT2D eigenvalue weighted by Crippen LogP contribution is -1.93. The molecule has 4 nitrogen and oxygen atoms in total. The lowest BCUT2D eigenvalue weighted by molar-refractivity contribution is 0.492. The van der Waals surface area contributed by atoms with Gasteiger partial charge in [-0.3, -0.25) is 0 Å². The fourth-order valence-corrected chi connectivity index (χ4v) is 0.773. The highest BCUT2D eigenvalue weighted by Gasteiger charge is 2.07. The van der Waals surface area contributed by atoms with Crippen LogP contribution < -0.4 is 0 Å². The molecule has 0 fully saturated rings. The Balaban J connectivity index is 2.91. The number of nitrogens with one attached hydrogen (secondary N) is 1. The molecular weight excluding hydrogens is 154 g/mol. The molecular formula is C5H2F2N4. The summed E-state index contributed by atoms with van der Waals surface area (Å²) in [5.41, 5.74) is 0.0152. The van der Waals surface area contributed by atoms with Crippen LogP contribution in [0, 0.1) is 12.0 Å². The second kappa shape index (κ2) is 1.94. The van der Waals surface area contributed by atoms with Crippen LogP contribution in [0.4, 0.5) is 8.78 Å². The smallest absolute Gasteiger partial charge is 0.313 e. The number of imidazole rings is 1. The van der Waals surface area contributed by atoms with Gasteiger partial charge in [0.15, 0.2) is 5.65 Å². The molecule has 0 aromatic carbocycles. The van der Waals surface area contributed by atoms with Crippen LogP contribution in [0.15, 0.2) is 6.33 Å². The Morgan fingerprint density at radius 3 is 2.91 bits per heavy atom. The molecule has 56 valence electrons. The second-order valence-electron chi connectivity index (χ2n) is 1.88. The summed E-state index contributed by atoms with van der Waals surface area (Å²) in [5, 5.41) is 0. The molecule has 0 aliphatic heterocycles. The van der Waals surface area contributed by atoms with Crippen molar-refractivity contribution in [1.82, 2.24) is 19.9 Å². The maximum absolute atomic E-state index is 12.6. The molecule has 2 heterocycles. The molecule has 0 spiro atoms. The van der Waals surface area contributed by atoms with E-state index in [9.17, 15) is 8.78 Å². The fourth-order valence-electron chi connectivity index (χ4n) is 0.773. The average Bonchev–Trinajstić information content (AvgIpc) is 2.34. The molecule has 0 saturated carbocycles. The number of nitrogens with zero attached hydrogens (tertiary/aromatic N) is 3. The molecule has 2 rings (SSSR count). The van der Waals surface area contributed by atoms with Crippen molar-refractivity contribution in [2.75, 3.05) is 0 Å². The Hall–Kier alpha value is -1.59. The van der Waals surface area contributed by atoms with Crippen LogP contribution in [-0.4, -0.2) is 19.9 Å². The minimum atomic E-state index is -1.11. The van der Waals surface area contributed by atoms with E-state index < -0.39 is 12.0 Å². The number of aromatic nitrogens is 4. The summed E-state index contributed by atoms with van der Waals surface area (Å²) >= 11 is 0. The summed E-state index contributed by atoms with van der Waals surface area (Å²) in [4.78, 5) is 12.1. The van der Waals surface area contributed by atoms with Crippen molar-refractivity contribution in [1.29, 1.82) is 0 Å². The van der Waals surface area contributed by atoms with Gasteiger partial charge in [0.1, 0.15) is 5.52 Å². The fraction of sp³-hybridized carbons (Fsp3) is 0. The molecule has 0 aliphatic rings. The Morgan fingerprint density at radius 2 is 2.09 bits per heavy atom. The lowest BCUT2D eigenvalue weighted by Gasteiger charge is -1.88. The molecule has 6 heteroatoms. The molecule has 1 N–H and O–H groups in total. The zero-order chi connectivity index (χ0) is 7.84. The Morgan fingerprint density at radius 1 is 1.27 bits per heavy atom. The zero-order valence-electron chi connectivity index (χ0n) is 5.17. The number of rotatable bonds is 0. The van der Waals surface area contributed by atoms with E-state index in [2.05, 4.69) is 19.9 Å². The summed E-state index contributed by atoms with van der Waals surface area (Å²) in [6, 6.07) is 0. The van der Waals surface area contributed by atoms with Crippen molar-refractivity contribution in [3.05, 3.63) is 18.4 Å². The van der Waals surface area contributed by atoms with Crippen LogP contribution in [0.2, 0.25) is 0 Å². The minimum absolute atomic E-state index is 0.00463. The van der Waals surface area contributed by atoms with Gasteiger partial charge in [-0.15, -0.1) is 0 Å². The van der Waals surface area contributed by atoms with Gasteiger partial charge < -0.3 is 4.98 Å². The molecule has 2 aromatic rings. The first-order chi connectivity index (χ1) is 5.27. The predicted molar refractivity (Wildman–Crippen MR) is 31.6 cm³/mol. The topological polar surface area (TPSA) is 54.5 Å². The van der Waals surface area contributed by atoms with Crippen molar-refractivity contribution in [2.24, 2.45) is 0 Å². The molecule has 0 unspecified atom stereocenters. The maximum atomic E-state index is 12.6. The van der Waals surface area contributed by atoms with Gasteiger partial charge in [0.2, 0.25) is 5.95 Å². The van der Waals surface area contributed by atoms with E-state index in [1.807, 2.05) is 0 Å². The summed E-state index contributed by atoms with van der Waals surface area (Å²) in [5.74, 6) is -0.926. The third-order valence-corrected chi connectivity index (χ3v) is 1.21. The third kappa shape index (κ3) is 0.830. The van der Waals surface area contributed by atoms with E-state index >= 15 is 0 Å². The van der Waals surface area contributed by atoms with Crippen LogP contribution >= 0.6 is 0 Å². The molecule has 0 radical (unpaired) electrons. The normalized spacial score (nSPS) is 10.7. The molecule has 0 amide bonds. The van der Waals surface area contributed by atoms with Gasteiger partial charge in [-0.2, -0.15) is 18.7 Å². The van der Waals surface area contributed by atoms with Crippen LogP contribution in [0.1, 0.15) is 0 Å². The van der Waals surface area contributed by atoms with Crippen molar-refractivity contribution in [3.63, 3.8) is 0 Å². The summed E-state index contributed by atoms with van der Waals surface area (Å²) < 4.78 is 24.9. The van der Waals surface area contributed by atoms with Crippen LogP contribution in [0.5, 0.6) is 0 Å². The van der Waals surface area contributed by atoms with Crippen LogP contribution in [0.25, 0.3) is 11.2 Å². The molecule has 0 bridgehead atoms. The lowest BCUT2D eigenvalue weighted by atomic mass is 10.5. The van der Waals surface area contributed by atoms with E-state index in [0.29, 0.717) is 0 Å². The van der Waals surface area contributed by atoms with Crippen LogP contribution in [0.3, 0.4) is 0 Å². The first-order valence-electron chi connectivity index (χ1n) is 2.79. The highest BCUT2D eigenvalue weighted by molar-refractivity contribution is 5.68. The van der Waals surface area contributed by atoms with Gasteiger partial charge in [-0.25, -0.2) is 4.98 Å². The second-order valence-corrected chi connectivity index (χ2v) is 1.88.